The molecule has 5 aliphatic rings. The summed E-state index contributed by atoms with van der Waals surface area (Å²) in [4.78, 5) is 15.4. The van der Waals surface area contributed by atoms with Crippen LogP contribution in [0.1, 0.15) is 43.2 Å². The molecule has 4 bridgehead atoms. The number of nitrogens with zero attached hydrogens (tertiary/aromatic N) is 4. The molecule has 4 nitrogen and oxygen atoms in total. The van der Waals surface area contributed by atoms with Crippen molar-refractivity contribution in [3.05, 3.63) is 133 Å². The van der Waals surface area contributed by atoms with Gasteiger partial charge in [-0.05, 0) is 113 Å². The lowest BCUT2D eigenvalue weighted by molar-refractivity contribution is -0.0394. The van der Waals surface area contributed by atoms with Crippen molar-refractivity contribution in [2.24, 2.45) is 23.7 Å². The van der Waals surface area contributed by atoms with Crippen LogP contribution in [0.2, 0.25) is 0 Å². The van der Waals surface area contributed by atoms with Crippen LogP contribution in [0, 0.1) is 23.7 Å². The van der Waals surface area contributed by atoms with E-state index in [1.54, 1.807) is 11.1 Å². The molecule has 8 aromatic rings. The van der Waals surface area contributed by atoms with Gasteiger partial charge in [0.2, 0.25) is 5.95 Å². The van der Waals surface area contributed by atoms with Gasteiger partial charge in [0.1, 0.15) is 0 Å². The lowest BCUT2D eigenvalue weighted by Gasteiger charge is -2.61. The molecule has 4 saturated carbocycles. The number of aromatic nitrogens is 4. The minimum atomic E-state index is 0.00378. The Balaban J connectivity index is 1.28. The molecule has 0 unspecified atom stereocenters. The van der Waals surface area contributed by atoms with Crippen LogP contribution < -0.4 is 0 Å². The van der Waals surface area contributed by atoms with Gasteiger partial charge in [0.05, 0.1) is 22.2 Å². The SMILES string of the molecule is c1cncc(-c2nc(-n3c4ccc5ccccc5c4c4ccc5c(c43)C3(c4ccccc4-5)C4CC5CC(C4)CC3C5)nc3ccccc23)c1. The summed E-state index contributed by atoms with van der Waals surface area (Å²) in [5.74, 6) is 3.80. The Bertz CT molecular complexity index is 2660. The van der Waals surface area contributed by atoms with Crippen LogP contribution in [-0.2, 0) is 5.41 Å². The van der Waals surface area contributed by atoms with Crippen LogP contribution in [0.25, 0.3) is 71.8 Å². The summed E-state index contributed by atoms with van der Waals surface area (Å²) in [6.07, 6.45) is 10.6. The quantitative estimate of drug-likeness (QED) is 0.191. The predicted molar refractivity (Wildman–Crippen MR) is 198 cm³/mol. The number of fused-ring (bicyclic) bond motifs is 10. The molecule has 234 valence electrons. The number of pyridine rings is 1. The van der Waals surface area contributed by atoms with E-state index in [0.717, 1.165) is 39.9 Å². The summed E-state index contributed by atoms with van der Waals surface area (Å²) in [6, 6.07) is 40.3. The van der Waals surface area contributed by atoms with Gasteiger partial charge in [-0.25, -0.2) is 9.97 Å². The van der Waals surface area contributed by atoms with Crippen molar-refractivity contribution in [2.45, 2.75) is 37.5 Å². The van der Waals surface area contributed by atoms with E-state index in [9.17, 15) is 0 Å². The first kappa shape index (κ1) is 26.6. The van der Waals surface area contributed by atoms with Crippen molar-refractivity contribution >= 4 is 43.5 Å². The smallest absolute Gasteiger partial charge is 0.235 e. The van der Waals surface area contributed by atoms with Gasteiger partial charge < -0.3 is 0 Å². The van der Waals surface area contributed by atoms with Crippen LogP contribution in [0.15, 0.2) is 122 Å². The first-order valence-electron chi connectivity index (χ1n) is 18.0. The van der Waals surface area contributed by atoms with Gasteiger partial charge in [-0.15, -0.1) is 0 Å². The maximum atomic E-state index is 5.51. The molecule has 0 saturated heterocycles. The Morgan fingerprint density at radius 2 is 1.39 bits per heavy atom. The van der Waals surface area contributed by atoms with Crippen LogP contribution in [0.4, 0.5) is 0 Å². The standard InChI is InChI=1S/C45H34N4/c1-2-10-32-28(8-1)15-18-39-40(32)36-17-16-34-33-11-3-5-13-37(33)45(30-21-26-20-27(23-30)24-31(45)22-26)41(34)43(36)49(39)44-47-38-14-6-4-12-35(38)42(48-44)29-9-7-19-46-25-29/h1-19,25-27,30-31H,20-24H2. The van der Waals surface area contributed by atoms with Crippen LogP contribution in [-0.4, -0.2) is 19.5 Å². The second-order valence-electron chi connectivity index (χ2n) is 15.3. The van der Waals surface area contributed by atoms with Crippen molar-refractivity contribution in [1.82, 2.24) is 19.5 Å². The van der Waals surface area contributed by atoms with E-state index in [-0.39, 0.29) is 5.41 Å². The van der Waals surface area contributed by atoms with Gasteiger partial charge in [0.25, 0.3) is 0 Å². The molecule has 3 heterocycles. The number of para-hydroxylation sites is 1. The highest BCUT2D eigenvalue weighted by Gasteiger charge is 2.62. The van der Waals surface area contributed by atoms with E-state index < -0.39 is 0 Å². The molecule has 5 aromatic carbocycles. The Labute approximate surface area is 284 Å². The molecule has 0 aliphatic heterocycles. The second-order valence-corrected chi connectivity index (χ2v) is 15.3. The van der Waals surface area contributed by atoms with Crippen LogP contribution in [0.3, 0.4) is 0 Å². The normalized spacial score (nSPS) is 24.8. The highest BCUT2D eigenvalue weighted by atomic mass is 15.2. The van der Waals surface area contributed by atoms with Crippen molar-refractivity contribution in [3.8, 4) is 28.3 Å². The molecule has 1 spiro atoms. The molecular weight excluding hydrogens is 597 g/mol. The summed E-state index contributed by atoms with van der Waals surface area (Å²) in [5, 5.41) is 6.20. The first-order chi connectivity index (χ1) is 24.3. The molecule has 3 aromatic heterocycles. The molecular formula is C45H34N4. The average Bonchev–Trinajstić information content (AvgIpc) is 3.65. The fraction of sp³-hybridized carbons (Fsp3) is 0.222. The number of benzene rings is 5. The highest BCUT2D eigenvalue weighted by molar-refractivity contribution is 6.23. The van der Waals surface area contributed by atoms with Crippen LogP contribution >= 0.6 is 0 Å². The van der Waals surface area contributed by atoms with E-state index in [1.807, 2.05) is 18.5 Å². The van der Waals surface area contributed by atoms with E-state index in [2.05, 4.69) is 113 Å². The highest BCUT2D eigenvalue weighted by Crippen LogP contribution is 2.70. The Morgan fingerprint density at radius 3 is 2.22 bits per heavy atom. The lowest BCUT2D eigenvalue weighted by atomic mass is 9.43. The van der Waals surface area contributed by atoms with Crippen molar-refractivity contribution in [1.29, 1.82) is 0 Å². The maximum absolute atomic E-state index is 5.51. The topological polar surface area (TPSA) is 43.6 Å². The fourth-order valence-electron chi connectivity index (χ4n) is 11.6. The minimum absolute atomic E-state index is 0.00378. The largest absolute Gasteiger partial charge is 0.278 e. The Kier molecular flexibility index (Phi) is 5.11. The summed E-state index contributed by atoms with van der Waals surface area (Å²) < 4.78 is 2.46. The van der Waals surface area contributed by atoms with Gasteiger partial charge in [0, 0.05) is 39.5 Å². The van der Waals surface area contributed by atoms with Crippen molar-refractivity contribution in [2.75, 3.05) is 0 Å². The molecule has 0 amide bonds. The summed E-state index contributed by atoms with van der Waals surface area (Å²) in [6.45, 7) is 0. The Morgan fingerprint density at radius 1 is 0.612 bits per heavy atom. The second kappa shape index (κ2) is 9.41. The van der Waals surface area contributed by atoms with Gasteiger partial charge in [-0.3, -0.25) is 9.55 Å². The predicted octanol–water partition coefficient (Wildman–Crippen LogP) is 10.7. The van der Waals surface area contributed by atoms with E-state index in [1.165, 1.54) is 75.8 Å². The lowest BCUT2D eigenvalue weighted by Crippen LogP contribution is -2.55. The number of rotatable bonds is 2. The molecule has 13 rings (SSSR count). The van der Waals surface area contributed by atoms with Crippen molar-refractivity contribution < 1.29 is 0 Å². The van der Waals surface area contributed by atoms with E-state index in [0.29, 0.717) is 11.8 Å². The first-order valence-corrected chi connectivity index (χ1v) is 18.0. The third-order valence-electron chi connectivity index (χ3n) is 13.0. The summed E-state index contributed by atoms with van der Waals surface area (Å²) >= 11 is 0. The number of hydrogen-bond acceptors (Lipinski definition) is 3. The third-order valence-corrected chi connectivity index (χ3v) is 13.0. The van der Waals surface area contributed by atoms with Gasteiger partial charge >= 0.3 is 0 Å². The molecule has 0 radical (unpaired) electrons. The minimum Gasteiger partial charge on any atom is -0.278 e. The third kappa shape index (κ3) is 3.32. The maximum Gasteiger partial charge on any atom is 0.235 e. The molecule has 0 N–H and O–H groups in total. The zero-order chi connectivity index (χ0) is 31.8. The summed E-state index contributed by atoms with van der Waals surface area (Å²) in [7, 11) is 0. The van der Waals surface area contributed by atoms with Gasteiger partial charge in [-0.1, -0.05) is 84.9 Å². The molecule has 5 aliphatic carbocycles. The fourth-order valence-corrected chi connectivity index (χ4v) is 11.6. The van der Waals surface area contributed by atoms with E-state index in [4.69, 9.17) is 9.97 Å². The van der Waals surface area contributed by atoms with E-state index >= 15 is 0 Å². The Hall–Kier alpha value is -5.35. The molecule has 4 heteroatoms. The average molecular weight is 631 g/mol. The molecule has 49 heavy (non-hydrogen) atoms. The monoisotopic (exact) mass is 630 g/mol. The van der Waals surface area contributed by atoms with Crippen molar-refractivity contribution in [3.63, 3.8) is 0 Å². The van der Waals surface area contributed by atoms with Gasteiger partial charge in [-0.2, -0.15) is 0 Å². The molecule has 4 fully saturated rings. The zero-order valence-corrected chi connectivity index (χ0v) is 27.2. The molecule has 0 atom stereocenters. The van der Waals surface area contributed by atoms with Crippen LogP contribution in [0.5, 0.6) is 0 Å². The zero-order valence-electron chi connectivity index (χ0n) is 27.2. The summed E-state index contributed by atoms with van der Waals surface area (Å²) in [5.41, 5.74) is 11.3. The number of hydrogen-bond donors (Lipinski definition) is 0. The van der Waals surface area contributed by atoms with Gasteiger partial charge in [0.15, 0.2) is 0 Å².